The Balaban J connectivity index is 1.34. The van der Waals surface area contributed by atoms with Crippen LogP contribution in [-0.2, 0) is 12.8 Å². The monoisotopic (exact) mass is 550 g/mol. The highest BCUT2D eigenvalue weighted by atomic mass is 16.5. The van der Waals surface area contributed by atoms with E-state index in [9.17, 15) is 0 Å². The Morgan fingerprint density at radius 3 is 1.71 bits per heavy atom. The van der Waals surface area contributed by atoms with Crippen molar-refractivity contribution in [2.75, 3.05) is 48.2 Å². The number of benzene rings is 4. The zero-order valence-electron chi connectivity index (χ0n) is 24.3. The van der Waals surface area contributed by atoms with Crippen molar-refractivity contribution in [2.45, 2.75) is 24.9 Å². The van der Waals surface area contributed by atoms with Crippen molar-refractivity contribution in [3.8, 4) is 23.0 Å². The van der Waals surface area contributed by atoms with Crippen LogP contribution >= 0.6 is 0 Å². The molecule has 0 fully saturated rings. The van der Waals surface area contributed by atoms with Crippen molar-refractivity contribution >= 4 is 0 Å². The maximum Gasteiger partial charge on any atom is 0.163 e. The summed E-state index contributed by atoms with van der Waals surface area (Å²) in [5.41, 5.74) is 7.58. The second kappa shape index (κ2) is 11.9. The number of ether oxygens (including phenoxy) is 4. The molecule has 0 saturated heterocycles. The fourth-order valence-corrected chi connectivity index (χ4v) is 6.41. The van der Waals surface area contributed by atoms with E-state index in [1.807, 2.05) is 0 Å². The summed E-state index contributed by atoms with van der Waals surface area (Å²) >= 11 is 0. The molecule has 0 saturated carbocycles. The van der Waals surface area contributed by atoms with Crippen LogP contribution in [0, 0.1) is 0 Å². The van der Waals surface area contributed by atoms with Crippen LogP contribution < -0.4 is 18.9 Å². The molecule has 0 amide bonds. The van der Waals surface area contributed by atoms with E-state index in [4.69, 9.17) is 18.9 Å². The Labute approximate surface area is 243 Å². The first kappa shape index (κ1) is 27.2. The molecule has 0 bridgehead atoms. The lowest BCUT2D eigenvalue weighted by Gasteiger charge is -2.38. The molecule has 212 valence electrons. The van der Waals surface area contributed by atoms with Gasteiger partial charge in [0, 0.05) is 13.1 Å². The third-order valence-electron chi connectivity index (χ3n) is 8.48. The molecule has 4 aromatic rings. The maximum atomic E-state index is 6.65. The van der Waals surface area contributed by atoms with Gasteiger partial charge in [0.15, 0.2) is 23.0 Å². The fraction of sp³-hybridized carbons (Fsp3) is 0.314. The van der Waals surface area contributed by atoms with Gasteiger partial charge in [0.25, 0.3) is 0 Å². The number of rotatable bonds is 8. The summed E-state index contributed by atoms with van der Waals surface area (Å²) < 4.78 is 23.8. The first-order chi connectivity index (χ1) is 20.1. The zero-order chi connectivity index (χ0) is 28.3. The molecule has 0 aliphatic carbocycles. The minimum absolute atomic E-state index is 0.0200. The van der Waals surface area contributed by atoms with Gasteiger partial charge in [-0.15, -0.1) is 0 Å². The lowest BCUT2D eigenvalue weighted by molar-refractivity contribution is 0.0894. The summed E-state index contributed by atoms with van der Waals surface area (Å²) in [6.45, 7) is 2.27. The Hall–Kier alpha value is -4.00. The largest absolute Gasteiger partial charge is 0.493 e. The van der Waals surface area contributed by atoms with Crippen LogP contribution in [0.15, 0.2) is 84.9 Å². The second-order valence-electron chi connectivity index (χ2n) is 10.8. The van der Waals surface area contributed by atoms with Gasteiger partial charge in [-0.2, -0.15) is 0 Å². The summed E-state index contributed by atoms with van der Waals surface area (Å²) in [4.78, 5) is 4.81. The minimum Gasteiger partial charge on any atom is -0.493 e. The molecular formula is C35H38N2O4. The molecule has 0 N–H and O–H groups in total. The number of hydrogen-bond donors (Lipinski definition) is 0. The van der Waals surface area contributed by atoms with E-state index >= 15 is 0 Å². The highest BCUT2D eigenvalue weighted by Crippen LogP contribution is 2.43. The van der Waals surface area contributed by atoms with E-state index < -0.39 is 0 Å². The van der Waals surface area contributed by atoms with Gasteiger partial charge in [-0.05, 0) is 77.5 Å². The van der Waals surface area contributed by atoms with E-state index in [0.29, 0.717) is 6.73 Å². The maximum absolute atomic E-state index is 6.65. The quantitative estimate of drug-likeness (QED) is 0.258. The molecule has 2 unspecified atom stereocenters. The third-order valence-corrected chi connectivity index (χ3v) is 8.48. The second-order valence-corrected chi connectivity index (χ2v) is 10.8. The lowest BCUT2D eigenvalue weighted by Crippen LogP contribution is -2.39. The molecule has 6 rings (SSSR count). The average Bonchev–Trinajstić information content (AvgIpc) is 3.03. The van der Waals surface area contributed by atoms with Crippen molar-refractivity contribution in [1.29, 1.82) is 0 Å². The molecule has 6 nitrogen and oxygen atoms in total. The van der Waals surface area contributed by atoms with Crippen molar-refractivity contribution in [1.82, 2.24) is 9.80 Å². The molecule has 4 aromatic carbocycles. The van der Waals surface area contributed by atoms with Crippen molar-refractivity contribution in [2.24, 2.45) is 0 Å². The van der Waals surface area contributed by atoms with Gasteiger partial charge in [-0.1, -0.05) is 60.7 Å². The zero-order valence-corrected chi connectivity index (χ0v) is 24.3. The van der Waals surface area contributed by atoms with Gasteiger partial charge >= 0.3 is 0 Å². The highest BCUT2D eigenvalue weighted by molar-refractivity contribution is 5.53. The van der Waals surface area contributed by atoms with Crippen LogP contribution in [0.3, 0.4) is 0 Å². The SMILES string of the molecule is COc1cc2c(cc1OC)C(c1ccccc1)N(COc1cc3c(cc1OC)CCN(C)C3c1ccccc1)CC2. The number of likely N-dealkylation sites (N-methyl/N-ethyl adjacent to an activating group) is 1. The Bertz CT molecular complexity index is 1490. The molecule has 2 aliphatic heterocycles. The van der Waals surface area contributed by atoms with E-state index in [1.54, 1.807) is 21.3 Å². The van der Waals surface area contributed by atoms with Gasteiger partial charge in [0.05, 0.1) is 33.4 Å². The molecule has 0 spiro atoms. The van der Waals surface area contributed by atoms with E-state index in [1.165, 1.54) is 33.4 Å². The van der Waals surface area contributed by atoms with Gasteiger partial charge < -0.3 is 18.9 Å². The first-order valence-electron chi connectivity index (χ1n) is 14.2. The molecule has 2 atom stereocenters. The summed E-state index contributed by atoms with van der Waals surface area (Å²) in [5.74, 6) is 3.05. The molecule has 6 heteroatoms. The van der Waals surface area contributed by atoms with Crippen molar-refractivity contribution in [3.05, 3.63) is 118 Å². The average molecular weight is 551 g/mol. The molecule has 2 heterocycles. The Morgan fingerprint density at radius 2 is 1.10 bits per heavy atom. The Morgan fingerprint density at radius 1 is 0.610 bits per heavy atom. The summed E-state index contributed by atoms with van der Waals surface area (Å²) in [7, 11) is 7.30. The third kappa shape index (κ3) is 5.25. The fourth-order valence-electron chi connectivity index (χ4n) is 6.41. The van der Waals surface area contributed by atoms with Crippen LogP contribution in [-0.4, -0.2) is 58.0 Å². The van der Waals surface area contributed by atoms with Gasteiger partial charge in [-0.25, -0.2) is 0 Å². The van der Waals surface area contributed by atoms with Crippen LogP contribution in [0.1, 0.15) is 45.5 Å². The van der Waals surface area contributed by atoms with Crippen LogP contribution in [0.4, 0.5) is 0 Å². The van der Waals surface area contributed by atoms with Gasteiger partial charge in [-0.3, -0.25) is 9.80 Å². The molecular weight excluding hydrogens is 512 g/mol. The first-order valence-corrected chi connectivity index (χ1v) is 14.2. The lowest BCUT2D eigenvalue weighted by atomic mass is 9.88. The van der Waals surface area contributed by atoms with Crippen molar-refractivity contribution < 1.29 is 18.9 Å². The molecule has 41 heavy (non-hydrogen) atoms. The Kier molecular flexibility index (Phi) is 7.86. The number of fused-ring (bicyclic) bond motifs is 2. The predicted octanol–water partition coefficient (Wildman–Crippen LogP) is 6.27. The van der Waals surface area contributed by atoms with Crippen LogP contribution in [0.2, 0.25) is 0 Å². The van der Waals surface area contributed by atoms with Crippen LogP contribution in [0.25, 0.3) is 0 Å². The standard InChI is InChI=1S/C35H38N2O4/c1-36-17-15-26-20-31(39-3)33(22-28(26)34(36)24-11-7-5-8-12-24)41-23-37-18-16-27-19-30(38-2)32(40-4)21-29(27)35(37)25-13-9-6-10-14-25/h5-14,19-22,34-35H,15-18,23H2,1-4H3. The van der Waals surface area contributed by atoms with E-state index in [-0.39, 0.29) is 12.1 Å². The normalized spacial score (nSPS) is 18.7. The predicted molar refractivity (Wildman–Crippen MR) is 161 cm³/mol. The summed E-state index contributed by atoms with van der Waals surface area (Å²) in [6, 6.07) is 30.1. The summed E-state index contributed by atoms with van der Waals surface area (Å²) in [5, 5.41) is 0. The van der Waals surface area contributed by atoms with Gasteiger partial charge in [0.2, 0.25) is 0 Å². The molecule has 0 radical (unpaired) electrons. The number of methoxy groups -OCH3 is 3. The molecule has 0 aromatic heterocycles. The number of hydrogen-bond acceptors (Lipinski definition) is 6. The topological polar surface area (TPSA) is 43.4 Å². The molecule has 2 aliphatic rings. The van der Waals surface area contributed by atoms with Crippen LogP contribution in [0.5, 0.6) is 23.0 Å². The van der Waals surface area contributed by atoms with Crippen molar-refractivity contribution in [3.63, 3.8) is 0 Å². The smallest absolute Gasteiger partial charge is 0.163 e. The van der Waals surface area contributed by atoms with Gasteiger partial charge in [0.1, 0.15) is 6.73 Å². The summed E-state index contributed by atoms with van der Waals surface area (Å²) in [6.07, 6.45) is 1.88. The minimum atomic E-state index is 0.0200. The highest BCUT2D eigenvalue weighted by Gasteiger charge is 2.32. The number of nitrogens with zero attached hydrogens (tertiary/aromatic N) is 2. The van der Waals surface area contributed by atoms with E-state index in [0.717, 1.165) is 48.9 Å². The van der Waals surface area contributed by atoms with E-state index in [2.05, 4.69) is 102 Å².